The van der Waals surface area contributed by atoms with Crippen molar-refractivity contribution in [3.63, 3.8) is 0 Å². The normalized spacial score (nSPS) is 10.9. The Morgan fingerprint density at radius 1 is 0.821 bits per heavy atom. The molecule has 0 N–H and O–H groups in total. The molecule has 0 bridgehead atoms. The zero-order chi connectivity index (χ0) is 19.8. The number of esters is 1. The van der Waals surface area contributed by atoms with Crippen molar-refractivity contribution in [1.29, 1.82) is 0 Å². The van der Waals surface area contributed by atoms with E-state index in [4.69, 9.17) is 4.74 Å². The van der Waals surface area contributed by atoms with Gasteiger partial charge in [0.2, 0.25) is 0 Å². The quantitative estimate of drug-likeness (QED) is 0.252. The molecule has 3 aromatic rings. The van der Waals surface area contributed by atoms with Gasteiger partial charge < -0.3 is 4.74 Å². The number of hydrogen-bond donors (Lipinski definition) is 0. The lowest BCUT2D eigenvalue weighted by molar-refractivity contribution is -0.145. The summed E-state index contributed by atoms with van der Waals surface area (Å²) in [4.78, 5) is 24.4. The van der Waals surface area contributed by atoms with Crippen molar-refractivity contribution >= 4 is 5.97 Å². The Kier molecular flexibility index (Phi) is 6.17. The molecule has 0 heterocycles. The highest BCUT2D eigenvalue weighted by Gasteiger charge is 2.44. The number of hydrogen-bond acceptors (Lipinski definition) is 4. The van der Waals surface area contributed by atoms with Gasteiger partial charge in [-0.2, -0.15) is 0 Å². The molecule has 28 heavy (non-hydrogen) atoms. The van der Waals surface area contributed by atoms with E-state index in [9.17, 15) is 9.70 Å². The van der Waals surface area contributed by atoms with Crippen molar-refractivity contribution in [2.24, 2.45) is 5.29 Å². The molecule has 0 atom stereocenters. The number of nitrogens with zero attached hydrogens (tertiary/aromatic N) is 2. The van der Waals surface area contributed by atoms with E-state index >= 15 is 0 Å². The molecule has 0 aliphatic heterocycles. The summed E-state index contributed by atoms with van der Waals surface area (Å²) >= 11 is 0. The number of rotatable bonds is 8. The van der Waals surface area contributed by atoms with Crippen molar-refractivity contribution < 1.29 is 9.53 Å². The Morgan fingerprint density at radius 2 is 1.21 bits per heavy atom. The van der Waals surface area contributed by atoms with Crippen LogP contribution in [0.25, 0.3) is 0 Å². The topological polar surface area (TPSA) is 59.0 Å². The third kappa shape index (κ3) is 3.64. The molecule has 0 fully saturated rings. The van der Waals surface area contributed by atoms with Gasteiger partial charge in [0, 0.05) is 0 Å². The number of ether oxygens (including phenoxy) is 1. The van der Waals surface area contributed by atoms with E-state index in [1.165, 1.54) is 5.01 Å². The van der Waals surface area contributed by atoms with Gasteiger partial charge in [0.25, 0.3) is 0 Å². The molecule has 0 amide bonds. The van der Waals surface area contributed by atoms with Crippen LogP contribution in [0.4, 0.5) is 0 Å². The van der Waals surface area contributed by atoms with Gasteiger partial charge >= 0.3 is 5.97 Å². The first-order valence-corrected chi connectivity index (χ1v) is 9.16. The van der Waals surface area contributed by atoms with Crippen molar-refractivity contribution in [1.82, 2.24) is 5.01 Å². The van der Waals surface area contributed by atoms with Crippen LogP contribution in [0.3, 0.4) is 0 Å². The molecule has 0 aromatic heterocycles. The predicted octanol–water partition coefficient (Wildman–Crippen LogP) is 4.53. The number of benzene rings is 3. The lowest BCUT2D eigenvalue weighted by atomic mass is 9.76. The first kappa shape index (κ1) is 19.3. The van der Waals surface area contributed by atoms with Gasteiger partial charge in [-0.1, -0.05) is 91.0 Å². The van der Waals surface area contributed by atoms with Crippen LogP contribution in [0.1, 0.15) is 23.6 Å². The highest BCUT2D eigenvalue weighted by Crippen LogP contribution is 2.42. The molecular weight excluding hydrogens is 352 g/mol. The Morgan fingerprint density at radius 3 is 1.54 bits per heavy atom. The summed E-state index contributed by atoms with van der Waals surface area (Å²) in [7, 11) is 0. The van der Waals surface area contributed by atoms with Crippen LogP contribution in [0.2, 0.25) is 0 Å². The Balaban J connectivity index is 2.30. The first-order valence-electron chi connectivity index (χ1n) is 9.16. The van der Waals surface area contributed by atoms with E-state index in [0.29, 0.717) is 0 Å². The minimum atomic E-state index is -1.07. The zero-order valence-corrected chi connectivity index (χ0v) is 15.7. The van der Waals surface area contributed by atoms with Crippen LogP contribution in [-0.2, 0) is 15.1 Å². The Hall–Kier alpha value is -3.47. The smallest absolute Gasteiger partial charge is 0.327 e. The van der Waals surface area contributed by atoms with Crippen molar-refractivity contribution in [3.05, 3.63) is 113 Å². The van der Waals surface area contributed by atoms with Gasteiger partial charge in [-0.3, -0.25) is 4.79 Å². The number of nitroso groups, excluding NO2 is 1. The molecule has 0 spiro atoms. The maximum atomic E-state index is 12.3. The standard InChI is InChI=1S/C23H22N2O3/c1-2-28-22(26)18-25(24-27)23(19-12-6-3-7-13-19,20-14-8-4-9-15-20)21-16-10-5-11-17-21/h3-17H,2,18H2,1H3. The van der Waals surface area contributed by atoms with Crippen LogP contribution in [-0.4, -0.2) is 24.1 Å². The maximum Gasteiger partial charge on any atom is 0.327 e. The minimum Gasteiger partial charge on any atom is -0.465 e. The Bertz CT molecular complexity index is 802. The summed E-state index contributed by atoms with van der Waals surface area (Å²) in [6.45, 7) is 1.70. The van der Waals surface area contributed by atoms with Gasteiger partial charge in [0.15, 0.2) is 0 Å². The molecule has 0 radical (unpaired) electrons. The molecule has 0 saturated carbocycles. The molecule has 5 heteroatoms. The molecule has 0 saturated heterocycles. The average Bonchev–Trinajstić information content (AvgIpc) is 2.76. The SMILES string of the molecule is CCOC(=O)CN(N=O)C(c1ccccc1)(c1ccccc1)c1ccccc1. The second-order valence-electron chi connectivity index (χ2n) is 6.25. The van der Waals surface area contributed by atoms with E-state index in [2.05, 4.69) is 5.29 Å². The fraction of sp³-hybridized carbons (Fsp3) is 0.174. The summed E-state index contributed by atoms with van der Waals surface area (Å²) < 4.78 is 5.10. The molecule has 3 aromatic carbocycles. The summed E-state index contributed by atoms with van der Waals surface area (Å²) in [5.41, 5.74) is 1.42. The zero-order valence-electron chi connectivity index (χ0n) is 15.7. The lowest BCUT2D eigenvalue weighted by Crippen LogP contribution is -2.47. The third-order valence-corrected chi connectivity index (χ3v) is 4.64. The molecule has 5 nitrogen and oxygen atoms in total. The van der Waals surface area contributed by atoms with Crippen LogP contribution in [0, 0.1) is 4.91 Å². The Labute approximate surface area is 164 Å². The second-order valence-corrected chi connectivity index (χ2v) is 6.25. The first-order chi connectivity index (χ1) is 13.7. The van der Waals surface area contributed by atoms with Gasteiger partial charge in [-0.25, -0.2) is 5.01 Å². The molecule has 142 valence electrons. The third-order valence-electron chi connectivity index (χ3n) is 4.64. The number of carbonyl (C=O) groups is 1. The average molecular weight is 374 g/mol. The lowest BCUT2D eigenvalue weighted by Gasteiger charge is -2.41. The van der Waals surface area contributed by atoms with E-state index in [0.717, 1.165) is 16.7 Å². The van der Waals surface area contributed by atoms with Crippen molar-refractivity contribution in [2.45, 2.75) is 12.5 Å². The fourth-order valence-electron chi connectivity index (χ4n) is 3.52. The van der Waals surface area contributed by atoms with E-state index in [1.807, 2.05) is 91.0 Å². The van der Waals surface area contributed by atoms with Crippen LogP contribution in [0.15, 0.2) is 96.3 Å². The minimum absolute atomic E-state index is 0.237. The van der Waals surface area contributed by atoms with Crippen LogP contribution < -0.4 is 0 Å². The molecular formula is C23H22N2O3. The summed E-state index contributed by atoms with van der Waals surface area (Å²) in [6.07, 6.45) is 0. The maximum absolute atomic E-state index is 12.3. The van der Waals surface area contributed by atoms with Gasteiger partial charge in [-0.15, -0.1) is 4.91 Å². The molecule has 0 aliphatic carbocycles. The molecule has 0 aliphatic rings. The fourth-order valence-corrected chi connectivity index (χ4v) is 3.52. The highest BCUT2D eigenvalue weighted by atomic mass is 16.5. The summed E-state index contributed by atoms with van der Waals surface area (Å²) in [6, 6.07) is 28.8. The van der Waals surface area contributed by atoms with Gasteiger partial charge in [0.05, 0.1) is 11.9 Å². The van der Waals surface area contributed by atoms with E-state index in [1.54, 1.807) is 6.92 Å². The monoisotopic (exact) mass is 374 g/mol. The van der Waals surface area contributed by atoms with Crippen LogP contribution in [0.5, 0.6) is 0 Å². The van der Waals surface area contributed by atoms with E-state index in [-0.39, 0.29) is 13.2 Å². The molecule has 3 rings (SSSR count). The van der Waals surface area contributed by atoms with Crippen molar-refractivity contribution in [3.8, 4) is 0 Å². The second kappa shape index (κ2) is 8.95. The highest BCUT2D eigenvalue weighted by molar-refractivity contribution is 5.72. The van der Waals surface area contributed by atoms with Gasteiger partial charge in [-0.05, 0) is 23.6 Å². The predicted molar refractivity (Wildman–Crippen MR) is 108 cm³/mol. The van der Waals surface area contributed by atoms with E-state index < -0.39 is 11.5 Å². The van der Waals surface area contributed by atoms with Gasteiger partial charge in [0.1, 0.15) is 12.1 Å². The van der Waals surface area contributed by atoms with Crippen molar-refractivity contribution in [2.75, 3.05) is 13.2 Å². The summed E-state index contributed by atoms with van der Waals surface area (Å²) in [5, 5.41) is 4.56. The molecule has 0 unspecified atom stereocenters. The van der Waals surface area contributed by atoms with Crippen LogP contribution >= 0.6 is 0 Å². The largest absolute Gasteiger partial charge is 0.465 e. The number of carbonyl (C=O) groups excluding carboxylic acids is 1. The summed E-state index contributed by atoms with van der Waals surface area (Å²) in [5.74, 6) is -0.505.